The van der Waals surface area contributed by atoms with E-state index in [2.05, 4.69) is 11.0 Å². The minimum Gasteiger partial charge on any atom is -0.493 e. The van der Waals surface area contributed by atoms with Crippen molar-refractivity contribution in [3.8, 4) is 11.5 Å². The standard InChI is InChI=1S/C21H33NO4.C2H6/c1-23-17-10-12-22(15-17)18-6-4-5-7-19(18)26-13-11-16-8-9-20(24-2)21(14-16)25-3;1-2/h8-9,14,17-19H,4-7,10-13,15H2,1-3H3;1-2H3/t17?,18-,19-;/m1./s1. The summed E-state index contributed by atoms with van der Waals surface area (Å²) in [5, 5.41) is 0. The van der Waals surface area contributed by atoms with Crippen molar-refractivity contribution < 1.29 is 18.9 Å². The van der Waals surface area contributed by atoms with Gasteiger partial charge in [-0.15, -0.1) is 0 Å². The predicted octanol–water partition coefficient (Wildman–Crippen LogP) is 4.32. The predicted molar refractivity (Wildman–Crippen MR) is 114 cm³/mol. The fourth-order valence-corrected chi connectivity index (χ4v) is 4.30. The Morgan fingerprint density at radius 1 is 0.964 bits per heavy atom. The molecule has 1 unspecified atom stereocenters. The van der Waals surface area contributed by atoms with Crippen LogP contribution in [-0.2, 0) is 15.9 Å². The molecule has 3 rings (SSSR count). The van der Waals surface area contributed by atoms with Crippen molar-refractivity contribution in [2.75, 3.05) is 41.0 Å². The molecule has 1 aliphatic carbocycles. The van der Waals surface area contributed by atoms with Crippen LogP contribution in [0.4, 0.5) is 0 Å². The van der Waals surface area contributed by atoms with Gasteiger partial charge in [-0.3, -0.25) is 4.90 Å². The Balaban J connectivity index is 0.00000136. The van der Waals surface area contributed by atoms with Crippen molar-refractivity contribution in [2.24, 2.45) is 0 Å². The van der Waals surface area contributed by atoms with Gasteiger partial charge >= 0.3 is 0 Å². The average molecular weight is 394 g/mol. The third-order valence-electron chi connectivity index (χ3n) is 5.82. The molecule has 3 atom stereocenters. The number of ether oxygens (including phenoxy) is 4. The first kappa shape index (κ1) is 23.0. The van der Waals surface area contributed by atoms with Gasteiger partial charge in [0.15, 0.2) is 11.5 Å². The lowest BCUT2D eigenvalue weighted by atomic mass is 9.91. The molecular weight excluding hydrogens is 354 g/mol. The molecule has 1 heterocycles. The molecule has 0 bridgehead atoms. The number of likely N-dealkylation sites (tertiary alicyclic amines) is 1. The van der Waals surface area contributed by atoms with E-state index in [0.29, 0.717) is 18.2 Å². The molecule has 0 radical (unpaired) electrons. The first-order valence-corrected chi connectivity index (χ1v) is 10.8. The van der Waals surface area contributed by atoms with Crippen LogP contribution in [0.25, 0.3) is 0 Å². The summed E-state index contributed by atoms with van der Waals surface area (Å²) in [6.45, 7) is 6.94. The molecule has 5 heteroatoms. The van der Waals surface area contributed by atoms with E-state index >= 15 is 0 Å². The summed E-state index contributed by atoms with van der Waals surface area (Å²) < 4.78 is 22.6. The highest BCUT2D eigenvalue weighted by Gasteiger charge is 2.35. The molecule has 0 spiro atoms. The first-order chi connectivity index (χ1) is 13.7. The van der Waals surface area contributed by atoms with E-state index in [4.69, 9.17) is 18.9 Å². The molecule has 0 amide bonds. The summed E-state index contributed by atoms with van der Waals surface area (Å²) in [5.74, 6) is 1.55. The van der Waals surface area contributed by atoms with Gasteiger partial charge in [-0.1, -0.05) is 32.8 Å². The largest absolute Gasteiger partial charge is 0.493 e. The topological polar surface area (TPSA) is 40.2 Å². The molecule has 1 aromatic carbocycles. The second-order valence-corrected chi connectivity index (χ2v) is 7.34. The van der Waals surface area contributed by atoms with Gasteiger partial charge in [0.25, 0.3) is 0 Å². The Morgan fingerprint density at radius 2 is 1.71 bits per heavy atom. The van der Waals surface area contributed by atoms with Crippen LogP contribution in [0.15, 0.2) is 18.2 Å². The van der Waals surface area contributed by atoms with Crippen LogP contribution < -0.4 is 9.47 Å². The Bertz CT molecular complexity index is 566. The third kappa shape index (κ3) is 6.10. The summed E-state index contributed by atoms with van der Waals surface area (Å²) in [6.07, 6.45) is 7.79. The minimum absolute atomic E-state index is 0.347. The SMILES string of the molecule is CC.COc1ccc(CCO[C@@H]2CCCC[C@H]2N2CCC(OC)C2)cc1OC. The van der Waals surface area contributed by atoms with Crippen LogP contribution in [0.3, 0.4) is 0 Å². The maximum absolute atomic E-state index is 6.36. The quantitative estimate of drug-likeness (QED) is 0.658. The van der Waals surface area contributed by atoms with Crippen molar-refractivity contribution in [3.05, 3.63) is 23.8 Å². The van der Waals surface area contributed by atoms with Gasteiger partial charge < -0.3 is 18.9 Å². The lowest BCUT2D eigenvalue weighted by Crippen LogP contribution is -2.46. The van der Waals surface area contributed by atoms with Gasteiger partial charge in [0.1, 0.15) is 0 Å². The third-order valence-corrected chi connectivity index (χ3v) is 5.82. The molecule has 28 heavy (non-hydrogen) atoms. The zero-order valence-corrected chi connectivity index (χ0v) is 18.4. The fraction of sp³-hybridized carbons (Fsp3) is 0.739. The van der Waals surface area contributed by atoms with Gasteiger partial charge in [-0.05, 0) is 43.4 Å². The Hall–Kier alpha value is -1.30. The van der Waals surface area contributed by atoms with Crippen LogP contribution in [0.1, 0.15) is 51.5 Å². The van der Waals surface area contributed by atoms with Crippen molar-refractivity contribution in [3.63, 3.8) is 0 Å². The summed E-state index contributed by atoms with van der Waals surface area (Å²) >= 11 is 0. The Kier molecular flexibility index (Phi) is 10.1. The number of rotatable bonds is 8. The highest BCUT2D eigenvalue weighted by Crippen LogP contribution is 2.30. The van der Waals surface area contributed by atoms with Crippen molar-refractivity contribution in [1.29, 1.82) is 0 Å². The van der Waals surface area contributed by atoms with Gasteiger partial charge in [-0.25, -0.2) is 0 Å². The molecule has 1 saturated carbocycles. The van der Waals surface area contributed by atoms with Crippen LogP contribution in [0.2, 0.25) is 0 Å². The highest BCUT2D eigenvalue weighted by molar-refractivity contribution is 5.42. The normalized spacial score (nSPS) is 25.1. The zero-order chi connectivity index (χ0) is 20.4. The monoisotopic (exact) mass is 393 g/mol. The first-order valence-electron chi connectivity index (χ1n) is 10.8. The second-order valence-electron chi connectivity index (χ2n) is 7.34. The molecule has 2 fully saturated rings. The van der Waals surface area contributed by atoms with Gasteiger partial charge in [0, 0.05) is 26.2 Å². The van der Waals surface area contributed by atoms with E-state index in [1.54, 1.807) is 14.2 Å². The van der Waals surface area contributed by atoms with E-state index in [9.17, 15) is 0 Å². The van der Waals surface area contributed by atoms with Gasteiger partial charge in [-0.2, -0.15) is 0 Å². The lowest BCUT2D eigenvalue weighted by molar-refractivity contribution is -0.0327. The molecular formula is C23H39NO4. The van der Waals surface area contributed by atoms with E-state index in [0.717, 1.165) is 44.0 Å². The summed E-state index contributed by atoms with van der Waals surface area (Å²) in [7, 11) is 5.16. The van der Waals surface area contributed by atoms with Gasteiger partial charge in [0.05, 0.1) is 33.0 Å². The number of nitrogens with zero attached hydrogens (tertiary/aromatic N) is 1. The molecule has 1 aromatic rings. The molecule has 1 saturated heterocycles. The van der Waals surface area contributed by atoms with Crippen LogP contribution >= 0.6 is 0 Å². The molecule has 1 aliphatic heterocycles. The number of benzene rings is 1. The second kappa shape index (κ2) is 12.3. The maximum Gasteiger partial charge on any atom is 0.160 e. The summed E-state index contributed by atoms with van der Waals surface area (Å²) in [5.41, 5.74) is 1.22. The van der Waals surface area contributed by atoms with E-state index in [-0.39, 0.29) is 0 Å². The minimum atomic E-state index is 0.347. The van der Waals surface area contributed by atoms with E-state index < -0.39 is 0 Å². The van der Waals surface area contributed by atoms with E-state index in [1.165, 1.54) is 31.2 Å². The highest BCUT2D eigenvalue weighted by atomic mass is 16.5. The zero-order valence-electron chi connectivity index (χ0n) is 18.4. The van der Waals surface area contributed by atoms with Crippen molar-refractivity contribution in [1.82, 2.24) is 4.90 Å². The Morgan fingerprint density at radius 3 is 2.39 bits per heavy atom. The van der Waals surface area contributed by atoms with Crippen molar-refractivity contribution in [2.45, 2.75) is 70.6 Å². The fourth-order valence-electron chi connectivity index (χ4n) is 4.30. The van der Waals surface area contributed by atoms with Crippen LogP contribution in [0, 0.1) is 0 Å². The summed E-state index contributed by atoms with van der Waals surface area (Å²) in [6, 6.07) is 6.65. The molecule has 5 nitrogen and oxygen atoms in total. The molecule has 0 aromatic heterocycles. The summed E-state index contributed by atoms with van der Waals surface area (Å²) in [4.78, 5) is 2.59. The van der Waals surface area contributed by atoms with Crippen LogP contribution in [-0.4, -0.2) is 64.2 Å². The smallest absolute Gasteiger partial charge is 0.160 e. The number of hydrogen-bond acceptors (Lipinski definition) is 5. The van der Waals surface area contributed by atoms with E-state index in [1.807, 2.05) is 33.1 Å². The molecule has 160 valence electrons. The van der Waals surface area contributed by atoms with Gasteiger partial charge in [0.2, 0.25) is 0 Å². The number of methoxy groups -OCH3 is 3. The molecule has 0 N–H and O–H groups in total. The lowest BCUT2D eigenvalue weighted by Gasteiger charge is -2.37. The number of hydrogen-bond donors (Lipinski definition) is 0. The Labute approximate surface area is 171 Å². The van der Waals surface area contributed by atoms with Crippen molar-refractivity contribution >= 4 is 0 Å². The maximum atomic E-state index is 6.36. The average Bonchev–Trinajstić information content (AvgIpc) is 3.24. The molecule has 2 aliphatic rings. The van der Waals surface area contributed by atoms with Crippen LogP contribution in [0.5, 0.6) is 11.5 Å².